The molecule has 0 aliphatic heterocycles. The average Bonchev–Trinajstić information content (AvgIpc) is 3.12. The molecule has 0 saturated carbocycles. The van der Waals surface area contributed by atoms with Crippen LogP contribution in [-0.4, -0.2) is 23.3 Å². The van der Waals surface area contributed by atoms with E-state index in [0.29, 0.717) is 25.2 Å². The molecule has 3 heterocycles. The van der Waals surface area contributed by atoms with Gasteiger partial charge < -0.3 is 18.3 Å². The summed E-state index contributed by atoms with van der Waals surface area (Å²) in [5, 5.41) is 0. The van der Waals surface area contributed by atoms with Crippen LogP contribution in [0, 0.1) is 9.54 Å². The Hall–Kier alpha value is -1.99. The number of imidazole rings is 2. The second kappa shape index (κ2) is 7.72. The van der Waals surface area contributed by atoms with Gasteiger partial charge in [0.05, 0.1) is 24.5 Å². The van der Waals surface area contributed by atoms with E-state index in [1.807, 2.05) is 43.0 Å². The Morgan fingerprint density at radius 3 is 1.54 bits per heavy atom. The normalized spacial score (nSPS) is 11.6. The molecule has 0 spiro atoms. The molecule has 0 aromatic carbocycles. The van der Waals surface area contributed by atoms with Gasteiger partial charge in [-0.1, -0.05) is 6.07 Å². The lowest BCUT2D eigenvalue weighted by atomic mass is 10.3. The molecule has 3 aromatic heterocycles. The van der Waals surface area contributed by atoms with Crippen molar-refractivity contribution in [1.29, 1.82) is 0 Å². The largest absolute Gasteiger partial charge is 0.321 e. The fourth-order valence-electron chi connectivity index (χ4n) is 2.94. The molecule has 0 atom stereocenters. The van der Waals surface area contributed by atoms with Crippen molar-refractivity contribution in [3.05, 3.63) is 63.9 Å². The van der Waals surface area contributed by atoms with Crippen molar-refractivity contribution in [3.8, 4) is 0 Å². The number of pyridine rings is 1. The lowest BCUT2D eigenvalue weighted by Crippen LogP contribution is -2.08. The molecule has 0 saturated heterocycles. The third-order valence-corrected chi connectivity index (χ3v) is 5.28. The highest BCUT2D eigenvalue weighted by Crippen LogP contribution is 2.12. The molecular formula is C19H25N5S2. The highest BCUT2D eigenvalue weighted by Gasteiger charge is 2.07. The Bertz CT molecular complexity index is 926. The van der Waals surface area contributed by atoms with Gasteiger partial charge >= 0.3 is 0 Å². The van der Waals surface area contributed by atoms with E-state index in [0.717, 1.165) is 20.9 Å². The van der Waals surface area contributed by atoms with E-state index in [1.54, 1.807) is 0 Å². The van der Waals surface area contributed by atoms with Crippen LogP contribution in [0.15, 0.2) is 43.0 Å². The summed E-state index contributed by atoms with van der Waals surface area (Å²) in [7, 11) is 0. The molecule has 0 aliphatic rings. The summed E-state index contributed by atoms with van der Waals surface area (Å²) in [6.07, 6.45) is 8.11. The van der Waals surface area contributed by atoms with Gasteiger partial charge in [0.25, 0.3) is 0 Å². The molecule has 0 bridgehead atoms. The van der Waals surface area contributed by atoms with Gasteiger partial charge in [0.2, 0.25) is 0 Å². The van der Waals surface area contributed by atoms with Gasteiger partial charge in [-0.25, -0.2) is 0 Å². The van der Waals surface area contributed by atoms with E-state index in [1.165, 1.54) is 0 Å². The maximum Gasteiger partial charge on any atom is 0.180 e. The zero-order chi connectivity index (χ0) is 18.8. The molecule has 138 valence electrons. The van der Waals surface area contributed by atoms with Gasteiger partial charge in [-0.05, 0) is 64.3 Å². The SMILES string of the molecule is CC(C)n1ccn(Cc2cccc(Cn3ccn(C(C)C)c3=S)n2)c1=S. The predicted molar refractivity (Wildman–Crippen MR) is 110 cm³/mol. The van der Waals surface area contributed by atoms with Crippen LogP contribution in [0.25, 0.3) is 0 Å². The van der Waals surface area contributed by atoms with Crippen molar-refractivity contribution in [3.63, 3.8) is 0 Å². The lowest BCUT2D eigenvalue weighted by Gasteiger charge is -2.09. The van der Waals surface area contributed by atoms with E-state index in [-0.39, 0.29) is 0 Å². The summed E-state index contributed by atoms with van der Waals surface area (Å²) in [4.78, 5) is 4.80. The molecule has 7 heteroatoms. The third-order valence-electron chi connectivity index (χ3n) is 4.39. The van der Waals surface area contributed by atoms with Gasteiger partial charge in [0, 0.05) is 36.9 Å². The molecule has 0 radical (unpaired) electrons. The number of hydrogen-bond acceptors (Lipinski definition) is 3. The molecule has 3 rings (SSSR count). The highest BCUT2D eigenvalue weighted by molar-refractivity contribution is 7.71. The molecule has 0 fully saturated rings. The smallest absolute Gasteiger partial charge is 0.180 e. The zero-order valence-electron chi connectivity index (χ0n) is 15.7. The Labute approximate surface area is 164 Å². The van der Waals surface area contributed by atoms with Crippen molar-refractivity contribution in [2.75, 3.05) is 0 Å². The van der Waals surface area contributed by atoms with Crippen molar-refractivity contribution in [2.24, 2.45) is 0 Å². The summed E-state index contributed by atoms with van der Waals surface area (Å²) < 4.78 is 9.94. The van der Waals surface area contributed by atoms with Crippen LogP contribution in [0.5, 0.6) is 0 Å². The Morgan fingerprint density at radius 1 is 0.769 bits per heavy atom. The van der Waals surface area contributed by atoms with E-state index >= 15 is 0 Å². The van der Waals surface area contributed by atoms with Crippen molar-refractivity contribution in [2.45, 2.75) is 52.9 Å². The number of nitrogens with zero attached hydrogens (tertiary/aromatic N) is 5. The molecule has 5 nitrogen and oxygen atoms in total. The predicted octanol–water partition coefficient (Wildman–Crippen LogP) is 5.00. The maximum absolute atomic E-state index is 5.56. The minimum absolute atomic E-state index is 0.356. The van der Waals surface area contributed by atoms with Crippen LogP contribution in [0.2, 0.25) is 0 Å². The molecule has 3 aromatic rings. The first kappa shape index (κ1) is 18.8. The number of hydrogen-bond donors (Lipinski definition) is 0. The second-order valence-electron chi connectivity index (χ2n) is 7.04. The van der Waals surface area contributed by atoms with Gasteiger partial charge in [-0.3, -0.25) is 4.98 Å². The van der Waals surface area contributed by atoms with Crippen LogP contribution in [-0.2, 0) is 13.1 Å². The summed E-state index contributed by atoms with van der Waals surface area (Å²) >= 11 is 11.1. The highest BCUT2D eigenvalue weighted by atomic mass is 32.1. The first-order chi connectivity index (χ1) is 12.4. The van der Waals surface area contributed by atoms with Crippen LogP contribution in [0.4, 0.5) is 0 Å². The van der Waals surface area contributed by atoms with E-state index in [4.69, 9.17) is 29.4 Å². The lowest BCUT2D eigenvalue weighted by molar-refractivity contribution is 0.573. The van der Waals surface area contributed by atoms with E-state index in [2.05, 4.69) is 46.0 Å². The monoisotopic (exact) mass is 387 g/mol. The van der Waals surface area contributed by atoms with Crippen LogP contribution >= 0.6 is 24.4 Å². The number of aromatic nitrogens is 5. The van der Waals surface area contributed by atoms with Crippen LogP contribution < -0.4 is 0 Å². The summed E-state index contributed by atoms with van der Waals surface area (Å²) in [5.41, 5.74) is 1.99. The quantitative estimate of drug-likeness (QED) is 0.558. The summed E-state index contributed by atoms with van der Waals surface area (Å²) in [6.45, 7) is 9.87. The van der Waals surface area contributed by atoms with Gasteiger partial charge in [0.1, 0.15) is 0 Å². The average molecular weight is 388 g/mol. The zero-order valence-corrected chi connectivity index (χ0v) is 17.3. The molecule has 0 N–H and O–H groups in total. The van der Waals surface area contributed by atoms with Gasteiger partial charge in [-0.2, -0.15) is 0 Å². The Balaban J connectivity index is 1.81. The Morgan fingerprint density at radius 2 is 1.19 bits per heavy atom. The molecule has 0 amide bonds. The van der Waals surface area contributed by atoms with Crippen molar-refractivity contribution >= 4 is 24.4 Å². The van der Waals surface area contributed by atoms with Gasteiger partial charge in [-0.15, -0.1) is 0 Å². The molecule has 0 aliphatic carbocycles. The fraction of sp³-hybridized carbons (Fsp3) is 0.421. The maximum atomic E-state index is 5.56. The molecule has 26 heavy (non-hydrogen) atoms. The standard InChI is InChI=1S/C19H25N5S2/c1-14(2)23-10-8-21(18(23)25)12-16-6-5-7-17(20-16)13-22-9-11-24(15(3)4)19(22)26/h5-11,14-15H,12-13H2,1-4H3. The molecule has 0 unspecified atom stereocenters. The van der Waals surface area contributed by atoms with Crippen LogP contribution in [0.1, 0.15) is 51.2 Å². The first-order valence-electron chi connectivity index (χ1n) is 8.86. The molecular weight excluding hydrogens is 362 g/mol. The Kier molecular flexibility index (Phi) is 5.58. The van der Waals surface area contributed by atoms with Crippen molar-refractivity contribution < 1.29 is 0 Å². The van der Waals surface area contributed by atoms with Crippen LogP contribution in [0.3, 0.4) is 0 Å². The fourth-order valence-corrected chi connectivity index (χ4v) is 3.73. The summed E-state index contributed by atoms with van der Waals surface area (Å²) in [5.74, 6) is 0. The third kappa shape index (κ3) is 3.88. The van der Waals surface area contributed by atoms with E-state index < -0.39 is 0 Å². The first-order valence-corrected chi connectivity index (χ1v) is 9.68. The van der Waals surface area contributed by atoms with Crippen molar-refractivity contribution in [1.82, 2.24) is 23.3 Å². The van der Waals surface area contributed by atoms with E-state index in [9.17, 15) is 0 Å². The topological polar surface area (TPSA) is 32.6 Å². The number of rotatable bonds is 6. The second-order valence-corrected chi connectivity index (χ2v) is 7.77. The summed E-state index contributed by atoms with van der Waals surface area (Å²) in [6, 6.07) is 6.83. The minimum atomic E-state index is 0.356. The van der Waals surface area contributed by atoms with Gasteiger partial charge in [0.15, 0.2) is 9.54 Å². The minimum Gasteiger partial charge on any atom is -0.321 e.